The fourth-order valence-corrected chi connectivity index (χ4v) is 7.14. The molecule has 3 aromatic carbocycles. The first-order chi connectivity index (χ1) is 23.5. The molecule has 2 aromatic heterocycles. The fourth-order valence-electron chi connectivity index (χ4n) is 6.78. The van der Waals surface area contributed by atoms with Crippen LogP contribution in [0.1, 0.15) is 40.7 Å². The molecule has 4 N–H and O–H groups in total. The fraction of sp³-hybridized carbons (Fsp3) is 0.268. The second-order valence-corrected chi connectivity index (χ2v) is 13.9. The standard InChI is InChI=1S/C41H40BrN5O/c42-33-13-15-38-35(23-33)37(27-44-38)40-24-36(41(48)45-26-32-10-8-31(25-43)9-11-32)34-22-29(12-14-39(34)46-40)7-4-18-47-19-16-30(17-20-47)21-28-5-2-1-3-6-28/h1-3,5-6,8,10-15,22-24,27,30-31,44H,9,16-21,25-26,43H2,(H,45,48). The van der Waals surface area contributed by atoms with Gasteiger partial charge in [-0.15, -0.1) is 0 Å². The maximum absolute atomic E-state index is 13.9. The average molecular weight is 699 g/mol. The molecule has 7 heteroatoms. The highest BCUT2D eigenvalue weighted by molar-refractivity contribution is 9.10. The Kier molecular flexibility index (Phi) is 9.85. The van der Waals surface area contributed by atoms with E-state index in [1.807, 2.05) is 42.6 Å². The monoisotopic (exact) mass is 697 g/mol. The zero-order chi connectivity index (χ0) is 32.9. The predicted octanol–water partition coefficient (Wildman–Crippen LogP) is 7.64. The van der Waals surface area contributed by atoms with Crippen LogP contribution in [0.25, 0.3) is 33.1 Å². The first-order valence-electron chi connectivity index (χ1n) is 16.8. The van der Waals surface area contributed by atoms with Crippen LogP contribution in [0.3, 0.4) is 0 Å². The Morgan fingerprint density at radius 1 is 1.04 bits per heavy atom. The number of aromatic nitrogens is 2. The zero-order valence-corrected chi connectivity index (χ0v) is 28.6. The highest BCUT2D eigenvalue weighted by Crippen LogP contribution is 2.32. The summed E-state index contributed by atoms with van der Waals surface area (Å²) < 4.78 is 0.986. The number of nitrogens with two attached hydrogens (primary N) is 1. The van der Waals surface area contributed by atoms with Crippen molar-refractivity contribution in [2.75, 3.05) is 32.7 Å². The van der Waals surface area contributed by atoms with Crippen molar-refractivity contribution >= 4 is 43.6 Å². The second-order valence-electron chi connectivity index (χ2n) is 12.9. The Labute approximate surface area is 290 Å². The van der Waals surface area contributed by atoms with Crippen LogP contribution >= 0.6 is 15.9 Å². The molecule has 0 radical (unpaired) electrons. The number of likely N-dealkylation sites (tertiary alicyclic amines) is 1. The van der Waals surface area contributed by atoms with Crippen molar-refractivity contribution < 1.29 is 4.79 Å². The summed E-state index contributed by atoms with van der Waals surface area (Å²) in [4.78, 5) is 24.7. The Bertz CT molecular complexity index is 2060. The van der Waals surface area contributed by atoms with Gasteiger partial charge in [0.05, 0.1) is 23.3 Å². The van der Waals surface area contributed by atoms with Crippen LogP contribution in [0, 0.1) is 23.7 Å². The van der Waals surface area contributed by atoms with Crippen molar-refractivity contribution in [3.05, 3.63) is 124 Å². The number of carbonyl (C=O) groups is 1. The first kappa shape index (κ1) is 32.1. The average Bonchev–Trinajstić information content (AvgIpc) is 3.54. The zero-order valence-electron chi connectivity index (χ0n) is 27.0. The maximum atomic E-state index is 13.9. The number of fused-ring (bicyclic) bond motifs is 2. The van der Waals surface area contributed by atoms with Crippen molar-refractivity contribution in [3.8, 4) is 23.1 Å². The van der Waals surface area contributed by atoms with E-state index in [1.165, 1.54) is 18.4 Å². The first-order valence-corrected chi connectivity index (χ1v) is 17.6. The number of hydrogen-bond acceptors (Lipinski definition) is 4. The summed E-state index contributed by atoms with van der Waals surface area (Å²) in [5, 5.41) is 5.00. The minimum absolute atomic E-state index is 0.136. The van der Waals surface area contributed by atoms with Crippen molar-refractivity contribution in [3.63, 3.8) is 0 Å². The van der Waals surface area contributed by atoms with E-state index in [1.54, 1.807) is 0 Å². The number of carbonyl (C=O) groups excluding carboxylic acids is 1. The molecule has 5 aromatic rings. The lowest BCUT2D eigenvalue weighted by molar-refractivity contribution is 0.0959. The molecule has 1 aliphatic carbocycles. The molecule has 2 aliphatic rings. The van der Waals surface area contributed by atoms with Gasteiger partial charge in [0.25, 0.3) is 5.91 Å². The number of pyridine rings is 1. The van der Waals surface area contributed by atoms with Gasteiger partial charge in [0.15, 0.2) is 0 Å². The van der Waals surface area contributed by atoms with Gasteiger partial charge in [-0.05, 0) is 111 Å². The van der Waals surface area contributed by atoms with Gasteiger partial charge in [0.2, 0.25) is 0 Å². The number of allylic oxidation sites excluding steroid dienone is 1. The number of nitrogens with one attached hydrogen (secondary N) is 2. The molecule has 1 amide bonds. The molecule has 1 saturated heterocycles. The van der Waals surface area contributed by atoms with Crippen molar-refractivity contribution in [2.45, 2.75) is 25.7 Å². The van der Waals surface area contributed by atoms with E-state index in [0.717, 1.165) is 87.1 Å². The smallest absolute Gasteiger partial charge is 0.252 e. The largest absolute Gasteiger partial charge is 0.360 e. The van der Waals surface area contributed by atoms with Gasteiger partial charge in [-0.2, -0.15) is 0 Å². The van der Waals surface area contributed by atoms with E-state index < -0.39 is 0 Å². The van der Waals surface area contributed by atoms with Gasteiger partial charge >= 0.3 is 0 Å². The molecule has 0 saturated carbocycles. The van der Waals surface area contributed by atoms with Gasteiger partial charge in [-0.3, -0.25) is 9.69 Å². The van der Waals surface area contributed by atoms with Crippen LogP contribution in [0.2, 0.25) is 0 Å². The molecule has 1 aliphatic heterocycles. The number of nitrogens with zero attached hydrogens (tertiary/aromatic N) is 2. The Hall–Kier alpha value is -4.48. The van der Waals surface area contributed by atoms with Crippen molar-refractivity contribution in [2.24, 2.45) is 17.6 Å². The van der Waals surface area contributed by atoms with Gasteiger partial charge < -0.3 is 16.0 Å². The van der Waals surface area contributed by atoms with Crippen LogP contribution in [0.15, 0.2) is 107 Å². The second kappa shape index (κ2) is 14.7. The molecule has 1 fully saturated rings. The summed E-state index contributed by atoms with van der Waals surface area (Å²) >= 11 is 3.60. The summed E-state index contributed by atoms with van der Waals surface area (Å²) in [6.45, 7) is 3.96. The highest BCUT2D eigenvalue weighted by atomic mass is 79.9. The molecule has 7 rings (SSSR count). The van der Waals surface area contributed by atoms with Crippen LogP contribution < -0.4 is 11.1 Å². The number of rotatable bonds is 8. The van der Waals surface area contributed by atoms with Gasteiger partial charge in [-0.1, -0.05) is 76.3 Å². The molecule has 0 spiro atoms. The van der Waals surface area contributed by atoms with Gasteiger partial charge in [0, 0.05) is 44.6 Å². The van der Waals surface area contributed by atoms with Crippen molar-refractivity contribution in [1.82, 2.24) is 20.2 Å². The van der Waals surface area contributed by atoms with E-state index in [4.69, 9.17) is 10.7 Å². The SMILES string of the molecule is NCC1C=CC(CNC(=O)c2cc(-c3c[nH]c4ccc(Br)cc34)nc3ccc(C#CCN4CCC(Cc5ccccc5)CC4)cc23)=CC1. The number of amides is 1. The number of benzene rings is 3. The molecular formula is C41H40BrN5O. The summed E-state index contributed by atoms with van der Waals surface area (Å²) in [7, 11) is 0. The maximum Gasteiger partial charge on any atom is 0.252 e. The lowest BCUT2D eigenvalue weighted by Gasteiger charge is -2.30. The summed E-state index contributed by atoms with van der Waals surface area (Å²) in [5.74, 6) is 7.74. The molecule has 48 heavy (non-hydrogen) atoms. The minimum atomic E-state index is -0.136. The van der Waals surface area contributed by atoms with E-state index in [0.29, 0.717) is 24.6 Å². The Morgan fingerprint density at radius 3 is 2.69 bits per heavy atom. The molecule has 1 atom stereocenters. The third-order valence-corrected chi connectivity index (χ3v) is 10.1. The van der Waals surface area contributed by atoms with E-state index in [2.05, 4.69) is 97.6 Å². The number of aromatic amines is 1. The molecule has 242 valence electrons. The predicted molar refractivity (Wildman–Crippen MR) is 200 cm³/mol. The summed E-state index contributed by atoms with van der Waals surface area (Å²) in [5.41, 5.74) is 13.3. The van der Waals surface area contributed by atoms with Crippen LogP contribution in [-0.4, -0.2) is 53.5 Å². The molecule has 0 bridgehead atoms. The Balaban J connectivity index is 1.11. The number of H-pyrrole nitrogens is 1. The minimum Gasteiger partial charge on any atom is -0.360 e. The van der Waals surface area contributed by atoms with Gasteiger partial charge in [-0.25, -0.2) is 4.98 Å². The lowest BCUT2D eigenvalue weighted by atomic mass is 9.90. The lowest BCUT2D eigenvalue weighted by Crippen LogP contribution is -2.34. The van der Waals surface area contributed by atoms with E-state index in [9.17, 15) is 4.79 Å². The third kappa shape index (κ3) is 7.47. The normalized spacial score (nSPS) is 16.9. The molecule has 3 heterocycles. The van der Waals surface area contributed by atoms with E-state index in [-0.39, 0.29) is 5.91 Å². The molecule has 1 unspecified atom stereocenters. The summed E-state index contributed by atoms with van der Waals surface area (Å²) in [6, 6.07) is 24.9. The van der Waals surface area contributed by atoms with Crippen LogP contribution in [-0.2, 0) is 6.42 Å². The number of piperidine rings is 1. The third-order valence-electron chi connectivity index (χ3n) is 9.60. The van der Waals surface area contributed by atoms with Gasteiger partial charge in [0.1, 0.15) is 0 Å². The number of hydrogen-bond donors (Lipinski definition) is 3. The van der Waals surface area contributed by atoms with Crippen LogP contribution in [0.5, 0.6) is 0 Å². The molecule has 6 nitrogen and oxygen atoms in total. The van der Waals surface area contributed by atoms with Crippen LogP contribution in [0.4, 0.5) is 0 Å². The summed E-state index contributed by atoms with van der Waals surface area (Å²) in [6.07, 6.45) is 12.8. The Morgan fingerprint density at radius 2 is 1.90 bits per heavy atom. The highest BCUT2D eigenvalue weighted by Gasteiger charge is 2.20. The van der Waals surface area contributed by atoms with E-state index >= 15 is 0 Å². The topological polar surface area (TPSA) is 87.0 Å². The quantitative estimate of drug-likeness (QED) is 0.146. The molecular weight excluding hydrogens is 658 g/mol. The number of halogens is 1. The van der Waals surface area contributed by atoms with Crippen molar-refractivity contribution in [1.29, 1.82) is 0 Å².